The standard InChI is InChI=1S/C38H24O2/c1-2-11-25(12-3-1)26-13-10-14-28(23-26)37-33-18-6-7-19-34(33)38(40-37)32-17-5-4-15-29(32)27-21-22-31-30-16-8-9-20-35(30)39-36(31)24-27/h1-6,8-18,20,23-24H,7,19H2. The van der Waals surface area contributed by atoms with Gasteiger partial charge in [0.2, 0.25) is 0 Å². The third-order valence-electron chi connectivity index (χ3n) is 7.81. The fraction of sp³-hybridized carbons (Fsp3) is 0.0526. The van der Waals surface area contributed by atoms with Gasteiger partial charge in [-0.05, 0) is 48.2 Å². The van der Waals surface area contributed by atoms with Gasteiger partial charge in [-0.3, -0.25) is 0 Å². The first-order valence-electron chi connectivity index (χ1n) is 13.7. The van der Waals surface area contributed by atoms with Crippen LogP contribution in [0.2, 0.25) is 0 Å². The van der Waals surface area contributed by atoms with Crippen molar-refractivity contribution >= 4 is 28.0 Å². The monoisotopic (exact) mass is 512 g/mol. The zero-order valence-electron chi connectivity index (χ0n) is 21.8. The Morgan fingerprint density at radius 1 is 0.575 bits per heavy atom. The van der Waals surface area contributed by atoms with E-state index in [0.29, 0.717) is 0 Å². The van der Waals surface area contributed by atoms with Gasteiger partial charge < -0.3 is 8.83 Å². The van der Waals surface area contributed by atoms with Crippen LogP contribution in [-0.2, 0) is 6.42 Å². The summed E-state index contributed by atoms with van der Waals surface area (Å²) in [4.78, 5) is 0. The van der Waals surface area contributed by atoms with Gasteiger partial charge in [0.1, 0.15) is 22.7 Å². The van der Waals surface area contributed by atoms with Crippen molar-refractivity contribution in [3.8, 4) is 44.9 Å². The molecule has 5 aromatic carbocycles. The average molecular weight is 513 g/mol. The summed E-state index contributed by atoms with van der Waals surface area (Å²) in [5.41, 5.74) is 10.6. The normalized spacial score (nSPS) is 12.5. The molecule has 7 aromatic rings. The highest BCUT2D eigenvalue weighted by Gasteiger charge is 2.24. The zero-order chi connectivity index (χ0) is 26.5. The summed E-state index contributed by atoms with van der Waals surface area (Å²) in [7, 11) is 0. The molecule has 0 N–H and O–H groups in total. The second-order valence-electron chi connectivity index (χ2n) is 10.2. The van der Waals surface area contributed by atoms with Crippen molar-refractivity contribution in [1.82, 2.24) is 0 Å². The molecule has 0 aliphatic heterocycles. The van der Waals surface area contributed by atoms with Gasteiger partial charge in [-0.25, -0.2) is 0 Å². The number of para-hydroxylation sites is 1. The van der Waals surface area contributed by atoms with E-state index in [0.717, 1.165) is 68.6 Å². The fourth-order valence-electron chi connectivity index (χ4n) is 5.89. The van der Waals surface area contributed by atoms with Crippen LogP contribution in [-0.4, -0.2) is 0 Å². The molecule has 0 fully saturated rings. The van der Waals surface area contributed by atoms with Gasteiger partial charge >= 0.3 is 0 Å². The Bertz CT molecular complexity index is 2050. The molecule has 188 valence electrons. The molecule has 2 heterocycles. The summed E-state index contributed by atoms with van der Waals surface area (Å²) in [6.07, 6.45) is 6.40. The Labute approximate surface area is 232 Å². The first-order chi connectivity index (χ1) is 19.8. The molecule has 2 aromatic heterocycles. The van der Waals surface area contributed by atoms with Crippen LogP contribution in [0, 0.1) is 12.1 Å². The van der Waals surface area contributed by atoms with Crippen molar-refractivity contribution in [3.05, 3.63) is 139 Å². The number of hydrogen-bond acceptors (Lipinski definition) is 2. The number of benzene rings is 4. The van der Waals surface area contributed by atoms with Crippen molar-refractivity contribution in [1.29, 1.82) is 0 Å². The van der Waals surface area contributed by atoms with Crippen molar-refractivity contribution < 1.29 is 8.83 Å². The van der Waals surface area contributed by atoms with E-state index in [1.165, 1.54) is 22.3 Å². The van der Waals surface area contributed by atoms with Crippen LogP contribution in [0.3, 0.4) is 0 Å². The highest BCUT2D eigenvalue weighted by Crippen LogP contribution is 2.44. The highest BCUT2D eigenvalue weighted by atomic mass is 16.3. The van der Waals surface area contributed by atoms with Gasteiger partial charge in [-0.15, -0.1) is 0 Å². The van der Waals surface area contributed by atoms with Crippen LogP contribution < -0.4 is 0 Å². The van der Waals surface area contributed by atoms with Gasteiger partial charge in [-0.1, -0.05) is 109 Å². The Morgan fingerprint density at radius 2 is 1.35 bits per heavy atom. The molecular formula is C38H24O2. The molecule has 2 heteroatoms. The lowest BCUT2D eigenvalue weighted by Crippen LogP contribution is -1.94. The number of allylic oxidation sites excluding steroid dienone is 1. The van der Waals surface area contributed by atoms with Crippen molar-refractivity contribution in [2.45, 2.75) is 12.8 Å². The van der Waals surface area contributed by atoms with E-state index >= 15 is 0 Å². The van der Waals surface area contributed by atoms with E-state index in [1.807, 2.05) is 24.3 Å². The van der Waals surface area contributed by atoms with Crippen LogP contribution in [0.4, 0.5) is 0 Å². The minimum atomic E-state index is 0.813. The summed E-state index contributed by atoms with van der Waals surface area (Å²) in [6, 6.07) is 44.5. The SMILES string of the molecule is c1c(-c2ccccc2-c2oc(-c3cccc(-c4ccccc4)c3)c3c2CCC=C3)cc2oc3ccccc3c2c#1. The smallest absolute Gasteiger partial charge is 0.145 e. The molecule has 0 saturated carbocycles. The summed E-state index contributed by atoms with van der Waals surface area (Å²) < 4.78 is 13.0. The quantitative estimate of drug-likeness (QED) is 0.234. The summed E-state index contributed by atoms with van der Waals surface area (Å²) >= 11 is 0. The Balaban J connectivity index is 1.28. The van der Waals surface area contributed by atoms with Crippen LogP contribution in [0.5, 0.6) is 0 Å². The minimum Gasteiger partial charge on any atom is -0.455 e. The van der Waals surface area contributed by atoms with Gasteiger partial charge in [0, 0.05) is 38.8 Å². The van der Waals surface area contributed by atoms with Crippen LogP contribution in [0.15, 0.2) is 124 Å². The largest absolute Gasteiger partial charge is 0.455 e. The first kappa shape index (κ1) is 22.7. The molecule has 40 heavy (non-hydrogen) atoms. The first-order valence-corrected chi connectivity index (χ1v) is 13.7. The highest BCUT2D eigenvalue weighted by molar-refractivity contribution is 6.05. The van der Waals surface area contributed by atoms with Crippen molar-refractivity contribution in [2.75, 3.05) is 0 Å². The Hall–Kier alpha value is -5.26. The van der Waals surface area contributed by atoms with Crippen LogP contribution in [0.1, 0.15) is 17.5 Å². The zero-order valence-corrected chi connectivity index (χ0v) is 21.8. The minimum absolute atomic E-state index is 0.813. The molecule has 1 aliphatic carbocycles. The number of hydrogen-bond donors (Lipinski definition) is 0. The maximum absolute atomic E-state index is 6.83. The third kappa shape index (κ3) is 3.67. The molecule has 0 spiro atoms. The van der Waals surface area contributed by atoms with E-state index in [4.69, 9.17) is 8.83 Å². The van der Waals surface area contributed by atoms with Gasteiger partial charge in [0.05, 0.1) is 5.39 Å². The van der Waals surface area contributed by atoms with E-state index < -0.39 is 0 Å². The van der Waals surface area contributed by atoms with Crippen LogP contribution >= 0.6 is 0 Å². The third-order valence-corrected chi connectivity index (χ3v) is 7.81. The summed E-state index contributed by atoms with van der Waals surface area (Å²) in [5.74, 6) is 1.84. The second-order valence-corrected chi connectivity index (χ2v) is 10.2. The molecule has 0 radical (unpaired) electrons. The predicted octanol–water partition coefficient (Wildman–Crippen LogP) is 10.4. The molecule has 8 rings (SSSR count). The maximum atomic E-state index is 6.83. The fourth-order valence-corrected chi connectivity index (χ4v) is 5.89. The molecule has 0 bridgehead atoms. The predicted molar refractivity (Wildman–Crippen MR) is 163 cm³/mol. The number of furan rings is 2. The molecule has 1 aliphatic rings. The summed E-state index contributed by atoms with van der Waals surface area (Å²) in [6.45, 7) is 0. The number of fused-ring (bicyclic) bond motifs is 4. The molecule has 0 saturated heterocycles. The van der Waals surface area contributed by atoms with Gasteiger partial charge in [0.15, 0.2) is 0 Å². The topological polar surface area (TPSA) is 26.3 Å². The van der Waals surface area contributed by atoms with Crippen LogP contribution in [0.25, 0.3) is 72.9 Å². The lowest BCUT2D eigenvalue weighted by Gasteiger charge is -2.10. The Kier molecular flexibility index (Phi) is 5.21. The second kappa shape index (κ2) is 9.19. The Morgan fingerprint density at radius 3 is 2.27 bits per heavy atom. The van der Waals surface area contributed by atoms with Gasteiger partial charge in [-0.2, -0.15) is 0 Å². The average Bonchev–Trinajstić information content (AvgIpc) is 3.60. The summed E-state index contributed by atoms with van der Waals surface area (Å²) in [5, 5.41) is 2.01. The van der Waals surface area contributed by atoms with E-state index in [1.54, 1.807) is 0 Å². The van der Waals surface area contributed by atoms with E-state index in [9.17, 15) is 0 Å². The maximum Gasteiger partial charge on any atom is 0.145 e. The number of rotatable bonds is 4. The lowest BCUT2D eigenvalue weighted by atomic mass is 9.91. The molecule has 0 atom stereocenters. The van der Waals surface area contributed by atoms with E-state index in [2.05, 4.69) is 109 Å². The molecule has 0 unspecified atom stereocenters. The molecule has 2 nitrogen and oxygen atoms in total. The van der Waals surface area contributed by atoms with Gasteiger partial charge in [0.25, 0.3) is 0 Å². The molecular weight excluding hydrogens is 488 g/mol. The van der Waals surface area contributed by atoms with Crippen molar-refractivity contribution in [2.24, 2.45) is 0 Å². The van der Waals surface area contributed by atoms with E-state index in [-0.39, 0.29) is 0 Å². The lowest BCUT2D eigenvalue weighted by molar-refractivity contribution is 0.594. The van der Waals surface area contributed by atoms with Crippen molar-refractivity contribution in [3.63, 3.8) is 0 Å². The molecule has 0 amide bonds.